The van der Waals surface area contributed by atoms with E-state index in [0.29, 0.717) is 13.1 Å². The summed E-state index contributed by atoms with van der Waals surface area (Å²) in [6, 6.07) is 9.92. The van der Waals surface area contributed by atoms with Crippen molar-refractivity contribution in [2.75, 3.05) is 33.3 Å². The van der Waals surface area contributed by atoms with Crippen LogP contribution in [0.1, 0.15) is 22.9 Å². The normalized spacial score (nSPS) is 15.2. The largest absolute Gasteiger partial charge is 0.497 e. The van der Waals surface area contributed by atoms with Gasteiger partial charge in [0, 0.05) is 45.8 Å². The number of nitrogens with zero attached hydrogens (tertiary/aromatic N) is 7. The zero-order valence-electron chi connectivity index (χ0n) is 18.9. The number of aryl methyl sites for hydroxylation is 1. The first kappa shape index (κ1) is 21.8. The third-order valence-corrected chi connectivity index (χ3v) is 5.71. The molecule has 32 heavy (non-hydrogen) atoms. The van der Waals surface area contributed by atoms with Gasteiger partial charge in [0.1, 0.15) is 17.8 Å². The summed E-state index contributed by atoms with van der Waals surface area (Å²) in [4.78, 5) is 9.59. The molecule has 0 bridgehead atoms. The minimum Gasteiger partial charge on any atom is -0.497 e. The van der Waals surface area contributed by atoms with Crippen molar-refractivity contribution < 1.29 is 9.26 Å². The van der Waals surface area contributed by atoms with Crippen molar-refractivity contribution in [3.63, 3.8) is 0 Å². The lowest BCUT2D eigenvalue weighted by Gasteiger charge is -2.36. The Hall–Kier alpha value is -3.40. The summed E-state index contributed by atoms with van der Waals surface area (Å²) in [5.74, 6) is 3.49. The Morgan fingerprint density at radius 1 is 1.12 bits per heavy atom. The minimum absolute atomic E-state index is 0.567. The number of aliphatic imine (C=N–C) groups is 1. The fraction of sp³-hybridized carbons (Fsp3) is 0.455. The fourth-order valence-electron chi connectivity index (χ4n) is 3.59. The summed E-state index contributed by atoms with van der Waals surface area (Å²) in [5, 5.41) is 15.9. The number of methoxy groups -OCH3 is 1. The average molecular weight is 439 g/mol. The van der Waals surface area contributed by atoms with Gasteiger partial charge >= 0.3 is 0 Å². The maximum atomic E-state index is 5.25. The second kappa shape index (κ2) is 10.3. The van der Waals surface area contributed by atoms with E-state index in [2.05, 4.69) is 30.5 Å². The number of ether oxygens (including phenoxy) is 1. The highest BCUT2D eigenvalue weighted by Crippen LogP contribution is 2.13. The topological polar surface area (TPSA) is 96.8 Å². The zero-order chi connectivity index (χ0) is 22.3. The van der Waals surface area contributed by atoms with Crippen LogP contribution in [0.4, 0.5) is 0 Å². The molecule has 3 heterocycles. The van der Waals surface area contributed by atoms with Crippen LogP contribution < -0.4 is 10.1 Å². The van der Waals surface area contributed by atoms with Crippen molar-refractivity contribution in [3.05, 3.63) is 59.5 Å². The number of hydrogen-bond acceptors (Lipinski definition) is 7. The monoisotopic (exact) mass is 438 g/mol. The number of hydrogen-bond donors (Lipinski definition) is 1. The maximum Gasteiger partial charge on any atom is 0.194 e. The van der Waals surface area contributed by atoms with Crippen molar-refractivity contribution in [2.24, 2.45) is 12.0 Å². The van der Waals surface area contributed by atoms with Crippen LogP contribution >= 0.6 is 0 Å². The molecule has 10 heteroatoms. The van der Waals surface area contributed by atoms with E-state index in [1.165, 1.54) is 0 Å². The molecule has 10 nitrogen and oxygen atoms in total. The van der Waals surface area contributed by atoms with Crippen molar-refractivity contribution in [3.8, 4) is 5.75 Å². The van der Waals surface area contributed by atoms with E-state index in [1.807, 2.05) is 48.9 Å². The Morgan fingerprint density at radius 2 is 1.91 bits per heavy atom. The second-order valence-corrected chi connectivity index (χ2v) is 7.82. The van der Waals surface area contributed by atoms with Gasteiger partial charge in [0.2, 0.25) is 0 Å². The van der Waals surface area contributed by atoms with E-state index in [9.17, 15) is 0 Å². The summed E-state index contributed by atoms with van der Waals surface area (Å²) < 4.78 is 12.2. The van der Waals surface area contributed by atoms with Crippen LogP contribution in [0, 0.1) is 6.92 Å². The number of aromatic nitrogens is 4. The van der Waals surface area contributed by atoms with Gasteiger partial charge in [0.25, 0.3) is 0 Å². The first-order valence-corrected chi connectivity index (χ1v) is 10.7. The Kier molecular flexibility index (Phi) is 7.00. The van der Waals surface area contributed by atoms with E-state index >= 15 is 0 Å². The molecule has 1 aliphatic rings. The third kappa shape index (κ3) is 5.44. The first-order chi connectivity index (χ1) is 15.6. The van der Waals surface area contributed by atoms with Gasteiger partial charge in [-0.15, -0.1) is 10.2 Å². The molecule has 1 saturated heterocycles. The highest BCUT2D eigenvalue weighted by atomic mass is 16.5. The molecule has 2 aromatic heterocycles. The number of rotatable bonds is 7. The van der Waals surface area contributed by atoms with Crippen molar-refractivity contribution in [1.82, 2.24) is 35.0 Å². The van der Waals surface area contributed by atoms with E-state index in [-0.39, 0.29) is 0 Å². The maximum absolute atomic E-state index is 5.25. The number of nitrogens with one attached hydrogen (secondary N) is 1. The Balaban J connectivity index is 1.42. The van der Waals surface area contributed by atoms with Gasteiger partial charge in [-0.25, -0.2) is 4.99 Å². The zero-order valence-corrected chi connectivity index (χ0v) is 18.9. The molecule has 0 saturated carbocycles. The molecule has 0 atom stereocenters. The Morgan fingerprint density at radius 3 is 2.53 bits per heavy atom. The summed E-state index contributed by atoms with van der Waals surface area (Å²) in [6.07, 6.45) is 1.62. The number of benzene rings is 1. The molecule has 1 aromatic carbocycles. The quantitative estimate of drug-likeness (QED) is 0.439. The van der Waals surface area contributed by atoms with E-state index in [1.54, 1.807) is 13.4 Å². The predicted molar refractivity (Wildman–Crippen MR) is 120 cm³/mol. The van der Waals surface area contributed by atoms with Crippen LogP contribution in [-0.4, -0.2) is 69.0 Å². The van der Waals surface area contributed by atoms with E-state index in [4.69, 9.17) is 14.3 Å². The standard InChI is InChI=1S/C22H30N8O2/c1-17-25-26-21(28(17)2)15-24-22(23-14-18-4-6-20(31-3)7-5-18)30-11-9-29(10-12-30)16-19-8-13-32-27-19/h4-8,13H,9-12,14-16H2,1-3H3,(H,23,24). The van der Waals surface area contributed by atoms with Crippen molar-refractivity contribution >= 4 is 5.96 Å². The van der Waals surface area contributed by atoms with Crippen molar-refractivity contribution in [1.29, 1.82) is 0 Å². The molecule has 1 fully saturated rings. The van der Waals surface area contributed by atoms with Crippen LogP contribution in [0.5, 0.6) is 5.75 Å². The molecule has 3 aromatic rings. The first-order valence-electron chi connectivity index (χ1n) is 10.7. The predicted octanol–water partition coefficient (Wildman–Crippen LogP) is 1.58. The lowest BCUT2D eigenvalue weighted by Crippen LogP contribution is -2.52. The van der Waals surface area contributed by atoms with Crippen LogP contribution in [0.25, 0.3) is 0 Å². The van der Waals surface area contributed by atoms with Gasteiger partial charge in [-0.3, -0.25) is 4.90 Å². The summed E-state index contributed by atoms with van der Waals surface area (Å²) in [5.41, 5.74) is 2.09. The van der Waals surface area contributed by atoms with Crippen molar-refractivity contribution in [2.45, 2.75) is 26.6 Å². The van der Waals surface area contributed by atoms with Gasteiger partial charge in [-0.1, -0.05) is 17.3 Å². The molecular weight excluding hydrogens is 408 g/mol. The van der Waals surface area contributed by atoms with Crippen LogP contribution in [0.15, 0.2) is 46.1 Å². The van der Waals surface area contributed by atoms with Gasteiger partial charge in [0.15, 0.2) is 11.8 Å². The molecule has 0 unspecified atom stereocenters. The second-order valence-electron chi connectivity index (χ2n) is 7.82. The van der Waals surface area contributed by atoms with Gasteiger partial charge in [-0.05, 0) is 24.6 Å². The van der Waals surface area contributed by atoms with Crippen LogP contribution in [0.2, 0.25) is 0 Å². The lowest BCUT2D eigenvalue weighted by molar-refractivity contribution is 0.168. The lowest BCUT2D eigenvalue weighted by atomic mass is 10.2. The minimum atomic E-state index is 0.567. The third-order valence-electron chi connectivity index (χ3n) is 5.71. The highest BCUT2D eigenvalue weighted by Gasteiger charge is 2.21. The summed E-state index contributed by atoms with van der Waals surface area (Å²) >= 11 is 0. The van der Waals surface area contributed by atoms with Crippen LogP contribution in [0.3, 0.4) is 0 Å². The molecule has 4 rings (SSSR count). The molecule has 0 radical (unpaired) electrons. The molecule has 1 aliphatic heterocycles. The average Bonchev–Trinajstić information content (AvgIpc) is 3.45. The van der Waals surface area contributed by atoms with Gasteiger partial charge in [-0.2, -0.15) is 0 Å². The number of guanidine groups is 1. The molecule has 1 N–H and O–H groups in total. The Bertz CT molecular complexity index is 1010. The van der Waals surface area contributed by atoms with E-state index in [0.717, 1.165) is 67.3 Å². The fourth-order valence-corrected chi connectivity index (χ4v) is 3.59. The molecule has 0 amide bonds. The highest BCUT2D eigenvalue weighted by molar-refractivity contribution is 5.80. The van der Waals surface area contributed by atoms with Gasteiger partial charge < -0.3 is 24.0 Å². The summed E-state index contributed by atoms with van der Waals surface area (Å²) in [7, 11) is 3.65. The smallest absolute Gasteiger partial charge is 0.194 e. The summed E-state index contributed by atoms with van der Waals surface area (Å²) in [6.45, 7) is 7.52. The SMILES string of the molecule is COc1ccc(CN=C(NCc2nnc(C)n2C)N2CCN(Cc3ccon3)CC2)cc1. The number of piperazine rings is 1. The Labute approximate surface area is 187 Å². The molecule has 170 valence electrons. The van der Waals surface area contributed by atoms with E-state index < -0.39 is 0 Å². The molecular formula is C22H30N8O2. The molecule has 0 aliphatic carbocycles. The molecule has 0 spiro atoms. The van der Waals surface area contributed by atoms with Gasteiger partial charge in [0.05, 0.1) is 25.9 Å². The van der Waals surface area contributed by atoms with Crippen LogP contribution in [-0.2, 0) is 26.7 Å².